The molecule has 0 bridgehead atoms. The van der Waals surface area contributed by atoms with Crippen molar-refractivity contribution in [3.05, 3.63) is 66.4 Å². The first-order valence-corrected chi connectivity index (χ1v) is 12.8. The molecule has 0 aliphatic carbocycles. The minimum Gasteiger partial charge on any atom is -0.287 e. The quantitative estimate of drug-likeness (QED) is 0.269. The van der Waals surface area contributed by atoms with Gasteiger partial charge in [-0.3, -0.25) is 18.6 Å². The Morgan fingerprint density at radius 2 is 2.00 bits per heavy atom. The molecule has 5 aromatic heterocycles. The molecule has 5 rings (SSSR count). The smallest absolute Gasteiger partial charge is 0.263 e. The van der Waals surface area contributed by atoms with Gasteiger partial charge in [-0.15, -0.1) is 34.0 Å². The molecule has 0 radical (unpaired) electrons. The molecule has 0 aromatic carbocycles. The molecule has 10 heteroatoms. The lowest BCUT2D eigenvalue weighted by Crippen LogP contribution is -2.22. The molecule has 0 saturated carbocycles. The van der Waals surface area contributed by atoms with E-state index in [1.165, 1.54) is 34.4 Å². The van der Waals surface area contributed by atoms with Crippen LogP contribution in [-0.4, -0.2) is 18.9 Å². The summed E-state index contributed by atoms with van der Waals surface area (Å²) in [5, 5.41) is 7.28. The van der Waals surface area contributed by atoms with E-state index in [0.717, 1.165) is 21.0 Å². The molecule has 0 aliphatic rings. The standard InChI is InChI=1S/C20H16N4O2S4/c1-3-23-18(26)16-13(14-5-4-6-27-14)10-28-17(16)22-19(23)30-9-12-7-15(25)24-11(2)8-29-20(24)21-12/h4-8,10H,3,9H2,1-2H3. The SMILES string of the molecule is CCn1c(SCc2cc(=O)n3c(C)csc3n2)nc2scc(-c3cccs3)c2c1=O. The number of hydrogen-bond donors (Lipinski definition) is 0. The fraction of sp³-hybridized carbons (Fsp3) is 0.200. The van der Waals surface area contributed by atoms with Gasteiger partial charge in [-0.2, -0.15) is 0 Å². The van der Waals surface area contributed by atoms with Gasteiger partial charge in [0.05, 0.1) is 11.1 Å². The van der Waals surface area contributed by atoms with Gasteiger partial charge in [-0.1, -0.05) is 17.8 Å². The van der Waals surface area contributed by atoms with Gasteiger partial charge in [-0.25, -0.2) is 9.97 Å². The van der Waals surface area contributed by atoms with Crippen LogP contribution in [0.1, 0.15) is 18.3 Å². The average Bonchev–Trinajstić information content (AvgIpc) is 3.46. The van der Waals surface area contributed by atoms with E-state index in [9.17, 15) is 9.59 Å². The van der Waals surface area contributed by atoms with E-state index in [2.05, 4.69) is 4.98 Å². The van der Waals surface area contributed by atoms with Gasteiger partial charge in [0.1, 0.15) is 4.83 Å². The summed E-state index contributed by atoms with van der Waals surface area (Å²) in [5.41, 5.74) is 2.43. The Labute approximate surface area is 187 Å². The van der Waals surface area contributed by atoms with E-state index in [1.54, 1.807) is 26.4 Å². The third-order valence-corrected chi connectivity index (χ3v) is 8.47. The third kappa shape index (κ3) is 3.24. The van der Waals surface area contributed by atoms with Crippen molar-refractivity contribution in [2.24, 2.45) is 0 Å². The number of nitrogens with zero attached hydrogens (tertiary/aromatic N) is 4. The van der Waals surface area contributed by atoms with E-state index >= 15 is 0 Å². The van der Waals surface area contributed by atoms with Crippen molar-refractivity contribution in [2.45, 2.75) is 31.3 Å². The van der Waals surface area contributed by atoms with E-state index < -0.39 is 0 Å². The first kappa shape index (κ1) is 19.7. The van der Waals surface area contributed by atoms with Crippen LogP contribution in [0, 0.1) is 6.92 Å². The molecule has 0 atom stereocenters. The Bertz CT molecular complexity index is 1490. The summed E-state index contributed by atoms with van der Waals surface area (Å²) in [4.78, 5) is 37.6. The van der Waals surface area contributed by atoms with Gasteiger partial charge < -0.3 is 0 Å². The monoisotopic (exact) mass is 472 g/mol. The topological polar surface area (TPSA) is 69.3 Å². The first-order valence-electron chi connectivity index (χ1n) is 9.22. The van der Waals surface area contributed by atoms with Gasteiger partial charge >= 0.3 is 0 Å². The van der Waals surface area contributed by atoms with Crippen LogP contribution in [0.5, 0.6) is 0 Å². The van der Waals surface area contributed by atoms with Crippen molar-refractivity contribution in [3.8, 4) is 10.4 Å². The van der Waals surface area contributed by atoms with Crippen molar-refractivity contribution in [1.29, 1.82) is 0 Å². The summed E-state index contributed by atoms with van der Waals surface area (Å²) in [5.74, 6) is 0.476. The highest BCUT2D eigenvalue weighted by atomic mass is 32.2. The van der Waals surface area contributed by atoms with E-state index in [1.807, 2.05) is 42.1 Å². The average molecular weight is 473 g/mol. The van der Waals surface area contributed by atoms with Crippen molar-refractivity contribution in [2.75, 3.05) is 0 Å². The predicted molar refractivity (Wildman–Crippen MR) is 127 cm³/mol. The highest BCUT2D eigenvalue weighted by Crippen LogP contribution is 2.34. The lowest BCUT2D eigenvalue weighted by atomic mass is 10.2. The van der Waals surface area contributed by atoms with E-state index in [0.29, 0.717) is 33.5 Å². The Morgan fingerprint density at radius 1 is 1.13 bits per heavy atom. The molecule has 0 saturated heterocycles. The molecule has 0 unspecified atom stereocenters. The van der Waals surface area contributed by atoms with Crippen LogP contribution >= 0.6 is 45.8 Å². The maximum atomic E-state index is 13.3. The molecule has 0 spiro atoms. The fourth-order valence-electron chi connectivity index (χ4n) is 3.32. The Morgan fingerprint density at radius 3 is 2.77 bits per heavy atom. The number of rotatable bonds is 5. The molecule has 0 amide bonds. The summed E-state index contributed by atoms with van der Waals surface area (Å²) >= 11 is 6.00. The molecule has 0 N–H and O–H groups in total. The van der Waals surface area contributed by atoms with Crippen molar-refractivity contribution < 1.29 is 0 Å². The fourth-order valence-corrected chi connectivity index (χ4v) is 6.97. The number of thiophene rings is 2. The Kier molecular flexibility index (Phi) is 5.10. The predicted octanol–water partition coefficient (Wildman–Crippen LogP) is 4.88. The minimum absolute atomic E-state index is 0.0213. The van der Waals surface area contributed by atoms with Gasteiger partial charge in [0, 0.05) is 45.3 Å². The van der Waals surface area contributed by atoms with Crippen LogP contribution in [0.15, 0.2) is 49.1 Å². The normalized spacial score (nSPS) is 11.7. The van der Waals surface area contributed by atoms with Gasteiger partial charge in [0.25, 0.3) is 11.1 Å². The summed E-state index contributed by atoms with van der Waals surface area (Å²) in [6.45, 7) is 4.37. The van der Waals surface area contributed by atoms with Gasteiger partial charge in [0.15, 0.2) is 10.1 Å². The number of aromatic nitrogens is 4. The summed E-state index contributed by atoms with van der Waals surface area (Å²) in [7, 11) is 0. The highest BCUT2D eigenvalue weighted by molar-refractivity contribution is 7.98. The summed E-state index contributed by atoms with van der Waals surface area (Å²) < 4.78 is 3.32. The summed E-state index contributed by atoms with van der Waals surface area (Å²) in [6, 6.07) is 5.57. The Balaban J connectivity index is 1.53. The van der Waals surface area contributed by atoms with E-state index in [-0.39, 0.29) is 11.1 Å². The number of thioether (sulfide) groups is 1. The molecule has 6 nitrogen and oxygen atoms in total. The molecule has 0 aliphatic heterocycles. The van der Waals surface area contributed by atoms with Crippen LogP contribution < -0.4 is 11.1 Å². The molecule has 0 fully saturated rings. The second-order valence-corrected chi connectivity index (χ2v) is 10.2. The lowest BCUT2D eigenvalue weighted by molar-refractivity contribution is 0.635. The molecule has 5 heterocycles. The highest BCUT2D eigenvalue weighted by Gasteiger charge is 2.17. The molecular weight excluding hydrogens is 457 g/mol. The second-order valence-electron chi connectivity index (χ2n) is 6.62. The Hall–Kier alpha value is -2.27. The van der Waals surface area contributed by atoms with Crippen molar-refractivity contribution >= 4 is 60.9 Å². The van der Waals surface area contributed by atoms with Crippen LogP contribution in [-0.2, 0) is 12.3 Å². The van der Waals surface area contributed by atoms with Crippen LogP contribution in [0.4, 0.5) is 0 Å². The maximum absolute atomic E-state index is 13.3. The third-order valence-electron chi connectivity index (χ3n) is 4.74. The van der Waals surface area contributed by atoms with Crippen molar-refractivity contribution in [3.63, 3.8) is 0 Å². The number of thiazole rings is 1. The molecule has 5 aromatic rings. The summed E-state index contributed by atoms with van der Waals surface area (Å²) in [6.07, 6.45) is 0. The zero-order valence-corrected chi connectivity index (χ0v) is 19.4. The number of hydrogen-bond acceptors (Lipinski definition) is 8. The lowest BCUT2D eigenvalue weighted by Gasteiger charge is -2.10. The number of fused-ring (bicyclic) bond motifs is 2. The number of aryl methyl sites for hydroxylation is 1. The van der Waals surface area contributed by atoms with Crippen LogP contribution in [0.2, 0.25) is 0 Å². The van der Waals surface area contributed by atoms with Gasteiger partial charge in [-0.05, 0) is 25.3 Å². The van der Waals surface area contributed by atoms with Gasteiger partial charge in [0.2, 0.25) is 0 Å². The molecular formula is C20H16N4O2S4. The minimum atomic E-state index is -0.0792. The van der Waals surface area contributed by atoms with Crippen LogP contribution in [0.3, 0.4) is 0 Å². The first-order chi connectivity index (χ1) is 14.6. The van der Waals surface area contributed by atoms with Crippen molar-refractivity contribution in [1.82, 2.24) is 18.9 Å². The largest absolute Gasteiger partial charge is 0.287 e. The molecule has 152 valence electrons. The maximum Gasteiger partial charge on any atom is 0.263 e. The zero-order chi connectivity index (χ0) is 20.8. The van der Waals surface area contributed by atoms with E-state index in [4.69, 9.17) is 4.98 Å². The zero-order valence-electron chi connectivity index (χ0n) is 16.1. The van der Waals surface area contributed by atoms with Crippen LogP contribution in [0.25, 0.3) is 25.6 Å². The molecule has 30 heavy (non-hydrogen) atoms. The second kappa shape index (κ2) is 7.77.